The highest BCUT2D eigenvalue weighted by atomic mass is 16.6. The molecule has 2 aromatic rings. The minimum atomic E-state index is -1.34. The van der Waals surface area contributed by atoms with Gasteiger partial charge in [-0.15, -0.1) is 0 Å². The Balaban J connectivity index is 0.000000892. The number of aliphatic hydroxyl groups excluding tert-OH is 1. The highest BCUT2D eigenvalue weighted by Gasteiger charge is 2.71. The molecule has 3 atom stereocenters. The van der Waals surface area contributed by atoms with E-state index in [1.165, 1.54) is 6.07 Å². The lowest BCUT2D eigenvalue weighted by molar-refractivity contribution is -0.123. The number of hydrogen-bond donors (Lipinski definition) is 4. The number of phenolic OH excluding ortho intramolecular Hbond substituents is 1. The fraction of sp³-hybridized carbons (Fsp3) is 0.407. The second-order valence-corrected chi connectivity index (χ2v) is 10.2. The Hall–Kier alpha value is -3.92. The zero-order valence-electron chi connectivity index (χ0n) is 21.2. The molecule has 4 aliphatic rings. The number of fused-ring (bicyclic) bond motifs is 2. The minimum Gasteiger partial charge on any atom is -0.507 e. The van der Waals surface area contributed by atoms with Gasteiger partial charge in [0.25, 0.3) is 5.91 Å². The summed E-state index contributed by atoms with van der Waals surface area (Å²) in [5.74, 6) is -2.87. The number of Topliss-reactive ketones (excluding diaryl/α,β-unsaturated/α-hetero) is 2. The first-order valence-corrected chi connectivity index (χ1v) is 12.3. The SMILES string of the molecule is CC(C)n1cc(-c2ccc(O)c3c2CC2C[C@H]4CC(=O)C(C(N)=O)=C(O)[C@]45OC5=C2C3=O)cn1.CNC. The molecule has 1 fully saturated rings. The van der Waals surface area contributed by atoms with Crippen molar-refractivity contribution in [1.82, 2.24) is 15.1 Å². The van der Waals surface area contributed by atoms with Crippen LogP contribution in [0.2, 0.25) is 0 Å². The van der Waals surface area contributed by atoms with Crippen molar-refractivity contribution < 1.29 is 29.3 Å². The number of phenols is 1. The molecular formula is C27H30N4O6. The number of aliphatic hydroxyl groups is 1. The summed E-state index contributed by atoms with van der Waals surface area (Å²) in [4.78, 5) is 38.0. The van der Waals surface area contributed by atoms with Gasteiger partial charge in [0.15, 0.2) is 23.1 Å². The molecule has 2 heterocycles. The van der Waals surface area contributed by atoms with Gasteiger partial charge < -0.3 is 26.0 Å². The van der Waals surface area contributed by atoms with Gasteiger partial charge in [0, 0.05) is 35.7 Å². The van der Waals surface area contributed by atoms with E-state index in [1.54, 1.807) is 12.3 Å². The van der Waals surface area contributed by atoms with Gasteiger partial charge in [-0.1, -0.05) is 6.07 Å². The van der Waals surface area contributed by atoms with E-state index >= 15 is 0 Å². The van der Waals surface area contributed by atoms with E-state index in [0.717, 1.165) is 16.7 Å². The minimum absolute atomic E-state index is 0.00468. The van der Waals surface area contributed by atoms with E-state index in [0.29, 0.717) is 18.4 Å². The number of hydrogen-bond acceptors (Lipinski definition) is 8. The van der Waals surface area contributed by atoms with Gasteiger partial charge in [-0.05, 0) is 63.9 Å². The van der Waals surface area contributed by atoms with Gasteiger partial charge in [0.05, 0.1) is 11.8 Å². The summed E-state index contributed by atoms with van der Waals surface area (Å²) in [6.07, 6.45) is 4.55. The number of nitrogens with two attached hydrogens (primary N) is 1. The zero-order valence-corrected chi connectivity index (χ0v) is 21.2. The molecule has 1 unspecified atom stereocenters. The van der Waals surface area contributed by atoms with Gasteiger partial charge >= 0.3 is 0 Å². The zero-order chi connectivity index (χ0) is 26.8. The molecule has 1 amide bonds. The molecule has 6 rings (SSSR count). The first kappa shape index (κ1) is 24.8. The Labute approximate surface area is 213 Å². The first-order chi connectivity index (χ1) is 17.6. The normalized spacial score (nSPS) is 25.4. The average Bonchev–Trinajstić information content (AvgIpc) is 3.38. The molecule has 10 nitrogen and oxygen atoms in total. The third-order valence-electron chi connectivity index (χ3n) is 7.56. The predicted octanol–water partition coefficient (Wildman–Crippen LogP) is 2.34. The van der Waals surface area contributed by atoms with E-state index in [2.05, 4.69) is 10.4 Å². The maximum absolute atomic E-state index is 13.7. The van der Waals surface area contributed by atoms with Crippen molar-refractivity contribution in [3.8, 4) is 16.9 Å². The van der Waals surface area contributed by atoms with Gasteiger partial charge in [-0.3, -0.25) is 19.1 Å². The number of ketones is 2. The molecule has 3 aliphatic carbocycles. The summed E-state index contributed by atoms with van der Waals surface area (Å²) in [6.45, 7) is 4.04. The lowest BCUT2D eigenvalue weighted by atomic mass is 9.63. The maximum Gasteiger partial charge on any atom is 0.255 e. The summed E-state index contributed by atoms with van der Waals surface area (Å²) >= 11 is 0. The Morgan fingerprint density at radius 2 is 1.95 bits per heavy atom. The third kappa shape index (κ3) is 3.50. The third-order valence-corrected chi connectivity index (χ3v) is 7.56. The monoisotopic (exact) mass is 506 g/mol. The average molecular weight is 507 g/mol. The quantitative estimate of drug-likeness (QED) is 0.364. The summed E-state index contributed by atoms with van der Waals surface area (Å²) in [7, 11) is 3.75. The number of benzene rings is 1. The van der Waals surface area contributed by atoms with E-state index in [9.17, 15) is 24.6 Å². The van der Waals surface area contributed by atoms with Crippen molar-refractivity contribution in [3.63, 3.8) is 0 Å². The molecule has 1 aliphatic heterocycles. The summed E-state index contributed by atoms with van der Waals surface area (Å²) < 4.78 is 7.68. The highest BCUT2D eigenvalue weighted by Crippen LogP contribution is 2.64. The number of ether oxygens (including phenoxy) is 1. The molecule has 10 heteroatoms. The smallest absolute Gasteiger partial charge is 0.255 e. The van der Waals surface area contributed by atoms with E-state index in [1.807, 2.05) is 38.8 Å². The second-order valence-electron chi connectivity index (χ2n) is 10.2. The van der Waals surface area contributed by atoms with Crippen LogP contribution >= 0.6 is 0 Å². The molecule has 5 N–H and O–H groups in total. The Morgan fingerprint density at radius 1 is 1.24 bits per heavy atom. The van der Waals surface area contributed by atoms with Crippen molar-refractivity contribution in [2.45, 2.75) is 44.8 Å². The molecule has 0 bridgehead atoms. The fourth-order valence-electron chi connectivity index (χ4n) is 5.93. The predicted molar refractivity (Wildman–Crippen MR) is 134 cm³/mol. The first-order valence-electron chi connectivity index (χ1n) is 12.3. The van der Waals surface area contributed by atoms with Crippen LogP contribution in [0.1, 0.15) is 48.7 Å². The largest absolute Gasteiger partial charge is 0.507 e. The molecular weight excluding hydrogens is 476 g/mol. The maximum atomic E-state index is 13.7. The van der Waals surface area contributed by atoms with E-state index in [4.69, 9.17) is 10.5 Å². The molecule has 0 saturated carbocycles. The lowest BCUT2D eigenvalue weighted by Crippen LogP contribution is -2.43. The van der Waals surface area contributed by atoms with Crippen LogP contribution in [-0.2, 0) is 20.7 Å². The van der Waals surface area contributed by atoms with Crippen LogP contribution in [-0.4, -0.2) is 57.2 Å². The van der Waals surface area contributed by atoms with Crippen LogP contribution in [0.25, 0.3) is 11.1 Å². The van der Waals surface area contributed by atoms with Gasteiger partial charge in [0.2, 0.25) is 5.60 Å². The molecule has 1 aromatic carbocycles. The van der Waals surface area contributed by atoms with Crippen molar-refractivity contribution in [2.75, 3.05) is 14.1 Å². The number of allylic oxidation sites excluding steroid dienone is 1. The van der Waals surface area contributed by atoms with Gasteiger partial charge in [-0.2, -0.15) is 5.10 Å². The van der Waals surface area contributed by atoms with Crippen LogP contribution in [0, 0.1) is 11.8 Å². The van der Waals surface area contributed by atoms with E-state index < -0.39 is 34.5 Å². The molecule has 1 spiro atoms. The Bertz CT molecular complexity index is 1420. The molecule has 194 valence electrons. The Morgan fingerprint density at radius 3 is 2.57 bits per heavy atom. The van der Waals surface area contributed by atoms with Crippen LogP contribution in [0.5, 0.6) is 5.75 Å². The number of nitrogens with one attached hydrogen (secondary N) is 1. The fourth-order valence-corrected chi connectivity index (χ4v) is 5.93. The number of amides is 1. The molecule has 1 aromatic heterocycles. The van der Waals surface area contributed by atoms with Gasteiger partial charge in [-0.25, -0.2) is 0 Å². The number of epoxide rings is 1. The number of carbonyl (C=O) groups is 3. The highest BCUT2D eigenvalue weighted by molar-refractivity contribution is 6.21. The summed E-state index contributed by atoms with van der Waals surface area (Å²) in [6, 6.07) is 3.47. The standard InChI is InChI=1S/C25H23N3O6.C2H7N/c1-10(2)28-9-12(8-27-28)14-3-4-16(29)19-15(14)6-11-5-13-7-17(30)20(24(26)33)22(32)25(13)23(34-25)18(11)21(19)31;1-3-2/h3-4,8-11,13,29,32H,5-7H2,1-2H3,(H2,26,33);3H,1-2H3/t11?,13-,25+;/m0./s1. The number of carbonyl (C=O) groups excluding carboxylic acids is 3. The number of rotatable bonds is 3. The number of aromatic nitrogens is 2. The summed E-state index contributed by atoms with van der Waals surface area (Å²) in [5, 5.41) is 28.6. The second kappa shape index (κ2) is 8.58. The van der Waals surface area contributed by atoms with Crippen LogP contribution < -0.4 is 11.1 Å². The molecule has 1 saturated heterocycles. The summed E-state index contributed by atoms with van der Waals surface area (Å²) in [5.41, 5.74) is 6.53. The molecule has 37 heavy (non-hydrogen) atoms. The lowest BCUT2D eigenvalue weighted by Gasteiger charge is -2.36. The van der Waals surface area contributed by atoms with Gasteiger partial charge in [0.1, 0.15) is 11.3 Å². The number of aromatic hydroxyl groups is 1. The van der Waals surface area contributed by atoms with Crippen molar-refractivity contribution in [2.24, 2.45) is 17.6 Å². The molecule has 0 radical (unpaired) electrons. The number of nitrogens with zero attached hydrogens (tertiary/aromatic N) is 2. The van der Waals surface area contributed by atoms with Crippen molar-refractivity contribution >= 4 is 17.5 Å². The Kier molecular flexibility index (Phi) is 5.74. The number of primary amides is 1. The van der Waals surface area contributed by atoms with Crippen LogP contribution in [0.4, 0.5) is 0 Å². The van der Waals surface area contributed by atoms with Crippen molar-refractivity contribution in [1.29, 1.82) is 0 Å². The van der Waals surface area contributed by atoms with Crippen molar-refractivity contribution in [3.05, 3.63) is 58.3 Å². The topological polar surface area (TPSA) is 160 Å². The van der Waals surface area contributed by atoms with Crippen LogP contribution in [0.3, 0.4) is 0 Å². The van der Waals surface area contributed by atoms with E-state index in [-0.39, 0.29) is 41.2 Å². The van der Waals surface area contributed by atoms with Crippen LogP contribution in [0.15, 0.2) is 47.2 Å².